The molecule has 5 heteroatoms. The lowest BCUT2D eigenvalue weighted by atomic mass is 9.86. The van der Waals surface area contributed by atoms with Crippen molar-refractivity contribution < 1.29 is 18.7 Å². The Morgan fingerprint density at radius 2 is 1.94 bits per heavy atom. The van der Waals surface area contributed by atoms with Crippen molar-refractivity contribution in [3.8, 4) is 0 Å². The van der Waals surface area contributed by atoms with Crippen molar-refractivity contribution in [2.45, 2.75) is 45.0 Å². The van der Waals surface area contributed by atoms with E-state index in [2.05, 4.69) is 0 Å². The fourth-order valence-corrected chi connectivity index (χ4v) is 2.37. The standard InChI is InChI=1S/C12H21F2NO2/c13-11(14)9-15(6-7-16)12(17)8-10-4-2-1-3-5-10/h10-11,16H,1-9H2. The highest BCUT2D eigenvalue weighted by molar-refractivity contribution is 5.76. The molecule has 1 aliphatic rings. The largest absolute Gasteiger partial charge is 0.395 e. The van der Waals surface area contributed by atoms with E-state index >= 15 is 0 Å². The molecule has 1 fully saturated rings. The summed E-state index contributed by atoms with van der Waals surface area (Å²) in [4.78, 5) is 12.9. The van der Waals surface area contributed by atoms with Gasteiger partial charge in [0, 0.05) is 13.0 Å². The molecule has 100 valence electrons. The van der Waals surface area contributed by atoms with Gasteiger partial charge in [0.15, 0.2) is 0 Å². The highest BCUT2D eigenvalue weighted by Crippen LogP contribution is 2.26. The van der Waals surface area contributed by atoms with Gasteiger partial charge in [-0.1, -0.05) is 19.3 Å². The molecule has 0 aromatic carbocycles. The van der Waals surface area contributed by atoms with Crippen molar-refractivity contribution >= 4 is 5.91 Å². The van der Waals surface area contributed by atoms with Crippen LogP contribution in [0.2, 0.25) is 0 Å². The Labute approximate surface area is 101 Å². The van der Waals surface area contributed by atoms with Gasteiger partial charge in [-0.15, -0.1) is 0 Å². The number of aliphatic hydroxyl groups excluding tert-OH is 1. The van der Waals surface area contributed by atoms with E-state index in [1.54, 1.807) is 0 Å². The van der Waals surface area contributed by atoms with Crippen molar-refractivity contribution in [3.63, 3.8) is 0 Å². The summed E-state index contributed by atoms with van der Waals surface area (Å²) in [5.74, 6) is 0.0985. The summed E-state index contributed by atoms with van der Waals surface area (Å²) in [5, 5.41) is 8.77. The number of carbonyl (C=O) groups excluding carboxylic acids is 1. The fraction of sp³-hybridized carbons (Fsp3) is 0.917. The molecule has 1 rings (SSSR count). The minimum atomic E-state index is -2.53. The van der Waals surface area contributed by atoms with Crippen LogP contribution in [-0.4, -0.2) is 42.0 Å². The molecule has 0 atom stereocenters. The second kappa shape index (κ2) is 7.58. The maximum Gasteiger partial charge on any atom is 0.255 e. The molecule has 0 saturated heterocycles. The molecule has 1 amide bonds. The normalized spacial score (nSPS) is 17.4. The SMILES string of the molecule is O=C(CC1CCCCC1)N(CCO)CC(F)F. The quantitative estimate of drug-likeness (QED) is 0.782. The lowest BCUT2D eigenvalue weighted by Crippen LogP contribution is -2.38. The third-order valence-corrected chi connectivity index (χ3v) is 3.27. The Morgan fingerprint density at radius 1 is 1.29 bits per heavy atom. The number of halogens is 2. The third kappa shape index (κ3) is 5.44. The van der Waals surface area contributed by atoms with Crippen LogP contribution in [0.5, 0.6) is 0 Å². The molecule has 0 radical (unpaired) electrons. The molecule has 0 unspecified atom stereocenters. The van der Waals surface area contributed by atoms with Crippen LogP contribution in [0, 0.1) is 5.92 Å². The van der Waals surface area contributed by atoms with Gasteiger partial charge in [0.25, 0.3) is 6.43 Å². The molecule has 1 N–H and O–H groups in total. The average molecular weight is 249 g/mol. The summed E-state index contributed by atoms with van der Waals surface area (Å²) in [7, 11) is 0. The first-order chi connectivity index (χ1) is 8.13. The van der Waals surface area contributed by atoms with Crippen molar-refractivity contribution in [2.24, 2.45) is 5.92 Å². The zero-order chi connectivity index (χ0) is 12.7. The molecule has 0 aromatic heterocycles. The number of hydrogen-bond acceptors (Lipinski definition) is 2. The lowest BCUT2D eigenvalue weighted by Gasteiger charge is -2.26. The molecule has 1 aliphatic carbocycles. The van der Waals surface area contributed by atoms with E-state index in [-0.39, 0.29) is 19.1 Å². The Kier molecular flexibility index (Phi) is 6.40. The van der Waals surface area contributed by atoms with Gasteiger partial charge in [0.05, 0.1) is 13.2 Å². The molecule has 17 heavy (non-hydrogen) atoms. The van der Waals surface area contributed by atoms with Gasteiger partial charge in [-0.3, -0.25) is 4.79 Å². The molecular weight excluding hydrogens is 228 g/mol. The molecular formula is C12H21F2NO2. The second-order valence-electron chi connectivity index (χ2n) is 4.66. The predicted octanol–water partition coefficient (Wildman–Crippen LogP) is 2.04. The van der Waals surface area contributed by atoms with Gasteiger partial charge in [-0.25, -0.2) is 8.78 Å². The summed E-state index contributed by atoms with van der Waals surface area (Å²) < 4.78 is 24.5. The molecule has 0 spiro atoms. The van der Waals surface area contributed by atoms with E-state index in [0.717, 1.165) is 30.6 Å². The van der Waals surface area contributed by atoms with Crippen molar-refractivity contribution in [2.75, 3.05) is 19.7 Å². The van der Waals surface area contributed by atoms with E-state index in [0.29, 0.717) is 12.3 Å². The Morgan fingerprint density at radius 3 is 2.47 bits per heavy atom. The first-order valence-electron chi connectivity index (χ1n) is 6.30. The van der Waals surface area contributed by atoms with Gasteiger partial charge >= 0.3 is 0 Å². The zero-order valence-corrected chi connectivity index (χ0v) is 10.1. The highest BCUT2D eigenvalue weighted by Gasteiger charge is 2.22. The van der Waals surface area contributed by atoms with Crippen molar-refractivity contribution in [1.82, 2.24) is 4.90 Å². The molecule has 0 bridgehead atoms. The van der Waals surface area contributed by atoms with Crippen LogP contribution in [0.25, 0.3) is 0 Å². The number of hydrogen-bond donors (Lipinski definition) is 1. The summed E-state index contributed by atoms with van der Waals surface area (Å²) in [5.41, 5.74) is 0. The monoisotopic (exact) mass is 249 g/mol. The first-order valence-corrected chi connectivity index (χ1v) is 6.30. The third-order valence-electron chi connectivity index (χ3n) is 3.27. The predicted molar refractivity (Wildman–Crippen MR) is 60.9 cm³/mol. The van der Waals surface area contributed by atoms with Gasteiger partial charge < -0.3 is 10.0 Å². The zero-order valence-electron chi connectivity index (χ0n) is 10.1. The highest BCUT2D eigenvalue weighted by atomic mass is 19.3. The number of alkyl halides is 2. The molecule has 0 aliphatic heterocycles. The van der Waals surface area contributed by atoms with E-state index in [4.69, 9.17) is 5.11 Å². The van der Waals surface area contributed by atoms with E-state index < -0.39 is 13.0 Å². The van der Waals surface area contributed by atoms with E-state index in [1.807, 2.05) is 0 Å². The van der Waals surface area contributed by atoms with Crippen LogP contribution in [0.3, 0.4) is 0 Å². The Balaban J connectivity index is 2.39. The summed E-state index contributed by atoms with van der Waals surface area (Å²) in [6, 6.07) is 0. The smallest absolute Gasteiger partial charge is 0.255 e. The Bertz CT molecular complexity index is 231. The van der Waals surface area contributed by atoms with Gasteiger partial charge in [0.1, 0.15) is 0 Å². The number of carbonyl (C=O) groups is 1. The summed E-state index contributed by atoms with van der Waals surface area (Å²) >= 11 is 0. The van der Waals surface area contributed by atoms with Gasteiger partial charge in [-0.2, -0.15) is 0 Å². The molecule has 0 heterocycles. The lowest BCUT2D eigenvalue weighted by molar-refractivity contribution is -0.135. The minimum absolute atomic E-state index is 0.00981. The fourth-order valence-electron chi connectivity index (χ4n) is 2.37. The van der Waals surface area contributed by atoms with Crippen LogP contribution in [0.1, 0.15) is 38.5 Å². The van der Waals surface area contributed by atoms with Crippen molar-refractivity contribution in [3.05, 3.63) is 0 Å². The number of nitrogens with zero attached hydrogens (tertiary/aromatic N) is 1. The minimum Gasteiger partial charge on any atom is -0.395 e. The molecule has 3 nitrogen and oxygen atoms in total. The van der Waals surface area contributed by atoms with Crippen LogP contribution < -0.4 is 0 Å². The second-order valence-corrected chi connectivity index (χ2v) is 4.66. The number of aliphatic hydroxyl groups is 1. The van der Waals surface area contributed by atoms with Crippen molar-refractivity contribution in [1.29, 1.82) is 0 Å². The number of rotatable bonds is 6. The summed E-state index contributed by atoms with van der Waals surface area (Å²) in [6.45, 7) is -0.814. The topological polar surface area (TPSA) is 40.5 Å². The maximum absolute atomic E-state index is 12.3. The molecule has 0 aromatic rings. The maximum atomic E-state index is 12.3. The molecule has 1 saturated carbocycles. The van der Waals surface area contributed by atoms with E-state index in [9.17, 15) is 13.6 Å². The summed E-state index contributed by atoms with van der Waals surface area (Å²) in [6.07, 6.45) is 3.34. The van der Waals surface area contributed by atoms with Gasteiger partial charge in [0.2, 0.25) is 5.91 Å². The van der Waals surface area contributed by atoms with E-state index in [1.165, 1.54) is 6.42 Å². The van der Waals surface area contributed by atoms with Gasteiger partial charge in [-0.05, 0) is 18.8 Å². The number of amides is 1. The van der Waals surface area contributed by atoms with Crippen LogP contribution in [0.4, 0.5) is 8.78 Å². The van der Waals surface area contributed by atoms with Crippen LogP contribution in [-0.2, 0) is 4.79 Å². The van der Waals surface area contributed by atoms with Crippen LogP contribution >= 0.6 is 0 Å². The first kappa shape index (κ1) is 14.4. The Hall–Kier alpha value is -0.710. The average Bonchev–Trinajstić information content (AvgIpc) is 2.29. The van der Waals surface area contributed by atoms with Crippen LogP contribution in [0.15, 0.2) is 0 Å².